The van der Waals surface area contributed by atoms with Crippen LogP contribution in [0.25, 0.3) is 0 Å². The molecule has 11 heteroatoms. The lowest BCUT2D eigenvalue weighted by molar-refractivity contribution is -0.384. The minimum atomic E-state index is -1.66. The molecule has 0 aromatic heterocycles. The maximum Gasteiger partial charge on any atom is 0.269 e. The SMILES string of the molecule is CN(C)C(=O)[C@@H]1C[C@@H](O)CN1C1(c2cccc3c2OCO3)C(=O)Nc2ccc([N+](=O)[O-])cc21. The zero-order valence-electron chi connectivity index (χ0n) is 18.0. The van der Waals surface area contributed by atoms with E-state index in [1.54, 1.807) is 37.2 Å². The van der Waals surface area contributed by atoms with Crippen LogP contribution in [0.4, 0.5) is 11.4 Å². The number of benzene rings is 2. The van der Waals surface area contributed by atoms with Crippen molar-refractivity contribution in [2.45, 2.75) is 24.1 Å². The Morgan fingerprint density at radius 1 is 1.27 bits per heavy atom. The van der Waals surface area contributed by atoms with Gasteiger partial charge in [-0.2, -0.15) is 0 Å². The molecule has 2 aromatic carbocycles. The lowest BCUT2D eigenvalue weighted by Crippen LogP contribution is -2.57. The van der Waals surface area contributed by atoms with Crippen LogP contribution in [0.3, 0.4) is 0 Å². The second-order valence-corrected chi connectivity index (χ2v) is 8.48. The van der Waals surface area contributed by atoms with E-state index in [4.69, 9.17) is 9.47 Å². The first-order valence-corrected chi connectivity index (χ1v) is 10.4. The van der Waals surface area contributed by atoms with E-state index in [2.05, 4.69) is 5.32 Å². The first kappa shape index (κ1) is 21.2. The summed E-state index contributed by atoms with van der Waals surface area (Å²) in [4.78, 5) is 41.1. The number of carbonyl (C=O) groups is 2. The average Bonchev–Trinajstić information content (AvgIpc) is 3.47. The number of hydrogen-bond acceptors (Lipinski definition) is 8. The monoisotopic (exact) mass is 454 g/mol. The zero-order valence-corrected chi connectivity index (χ0v) is 18.0. The number of likely N-dealkylation sites (N-methyl/N-ethyl adjacent to an activating group) is 1. The lowest BCUT2D eigenvalue weighted by atomic mass is 9.80. The van der Waals surface area contributed by atoms with Crippen molar-refractivity contribution in [2.75, 3.05) is 32.7 Å². The Hall–Kier alpha value is -3.70. The van der Waals surface area contributed by atoms with Gasteiger partial charge in [0.2, 0.25) is 12.7 Å². The number of aliphatic hydroxyl groups excluding tert-OH is 1. The molecule has 0 saturated carbocycles. The molecule has 172 valence electrons. The molecule has 1 fully saturated rings. The summed E-state index contributed by atoms with van der Waals surface area (Å²) in [5.74, 6) is -0.0341. The number of anilines is 1. The fourth-order valence-corrected chi connectivity index (χ4v) is 5.03. The minimum Gasteiger partial charge on any atom is -0.454 e. The molecular formula is C22H22N4O7. The summed E-state index contributed by atoms with van der Waals surface area (Å²) < 4.78 is 11.2. The molecule has 3 aliphatic rings. The van der Waals surface area contributed by atoms with Crippen molar-refractivity contribution >= 4 is 23.2 Å². The number of hydrogen-bond donors (Lipinski definition) is 2. The molecule has 33 heavy (non-hydrogen) atoms. The standard InChI is InChI=1S/C22H22N4O7/c1-24(2)20(28)17-9-13(27)10-25(17)22(14-4-3-5-18-19(14)33-11-32-18)15-8-12(26(30)31)6-7-16(15)23-21(22)29/h3-8,13,17,27H,9-11H2,1-2H3,(H,23,29)/t13-,17+,22?/m1/s1. The van der Waals surface area contributed by atoms with Gasteiger partial charge >= 0.3 is 0 Å². The number of β-amino-alcohol motifs (C(OH)–C–C–N with tert-alkyl or cyclic N) is 1. The van der Waals surface area contributed by atoms with E-state index in [-0.39, 0.29) is 31.4 Å². The fraction of sp³-hybridized carbons (Fsp3) is 0.364. The second kappa shape index (κ2) is 7.42. The number of likely N-dealkylation sites (tertiary alicyclic amines) is 1. The summed E-state index contributed by atoms with van der Waals surface area (Å²) in [6.07, 6.45) is -0.761. The van der Waals surface area contributed by atoms with E-state index in [0.717, 1.165) is 0 Å². The highest BCUT2D eigenvalue weighted by Crippen LogP contribution is 2.53. The van der Waals surface area contributed by atoms with Crippen molar-refractivity contribution in [1.82, 2.24) is 9.80 Å². The molecule has 0 radical (unpaired) electrons. The van der Waals surface area contributed by atoms with Gasteiger partial charge < -0.3 is 24.8 Å². The van der Waals surface area contributed by atoms with Crippen molar-refractivity contribution in [3.63, 3.8) is 0 Å². The van der Waals surface area contributed by atoms with Gasteiger partial charge in [0.05, 0.1) is 17.1 Å². The fourth-order valence-electron chi connectivity index (χ4n) is 5.03. The van der Waals surface area contributed by atoms with Gasteiger partial charge in [0.25, 0.3) is 11.6 Å². The molecule has 3 aliphatic heterocycles. The van der Waals surface area contributed by atoms with Gasteiger partial charge in [-0.25, -0.2) is 0 Å². The Morgan fingerprint density at radius 3 is 2.79 bits per heavy atom. The Morgan fingerprint density at radius 2 is 2.06 bits per heavy atom. The van der Waals surface area contributed by atoms with Crippen LogP contribution < -0.4 is 14.8 Å². The first-order valence-electron chi connectivity index (χ1n) is 10.4. The molecule has 3 heterocycles. The van der Waals surface area contributed by atoms with E-state index in [0.29, 0.717) is 28.3 Å². The van der Waals surface area contributed by atoms with Crippen molar-refractivity contribution in [3.8, 4) is 11.5 Å². The van der Waals surface area contributed by atoms with E-state index >= 15 is 0 Å². The first-order chi connectivity index (χ1) is 15.7. The van der Waals surface area contributed by atoms with Gasteiger partial charge in [-0.1, -0.05) is 12.1 Å². The van der Waals surface area contributed by atoms with Gasteiger partial charge in [-0.05, 0) is 18.6 Å². The summed E-state index contributed by atoms with van der Waals surface area (Å²) in [5, 5.41) is 25.0. The van der Waals surface area contributed by atoms with Crippen molar-refractivity contribution in [2.24, 2.45) is 0 Å². The highest BCUT2D eigenvalue weighted by Gasteiger charge is 2.60. The summed E-state index contributed by atoms with van der Waals surface area (Å²) >= 11 is 0. The molecule has 0 spiro atoms. The largest absolute Gasteiger partial charge is 0.454 e. The third kappa shape index (κ3) is 2.96. The normalized spacial score (nSPS) is 25.6. The Kier molecular flexibility index (Phi) is 4.76. The van der Waals surface area contributed by atoms with Gasteiger partial charge in [0.1, 0.15) is 0 Å². The molecule has 2 amide bonds. The molecule has 2 aromatic rings. The third-order valence-corrected chi connectivity index (χ3v) is 6.40. The quantitative estimate of drug-likeness (QED) is 0.517. The predicted octanol–water partition coefficient (Wildman–Crippen LogP) is 1.04. The van der Waals surface area contributed by atoms with Gasteiger partial charge in [-0.15, -0.1) is 0 Å². The number of fused-ring (bicyclic) bond motifs is 2. The molecule has 3 atom stereocenters. The van der Waals surface area contributed by atoms with E-state index in [9.17, 15) is 24.8 Å². The van der Waals surface area contributed by atoms with E-state index in [1.807, 2.05) is 0 Å². The number of nitrogens with zero attached hydrogens (tertiary/aromatic N) is 3. The van der Waals surface area contributed by atoms with Gasteiger partial charge in [0, 0.05) is 49.6 Å². The Bertz CT molecular complexity index is 1180. The van der Waals surface area contributed by atoms with Gasteiger partial charge in [-0.3, -0.25) is 24.6 Å². The highest BCUT2D eigenvalue weighted by atomic mass is 16.7. The summed E-state index contributed by atoms with van der Waals surface area (Å²) in [5.41, 5.74) is -0.765. The maximum absolute atomic E-state index is 13.8. The van der Waals surface area contributed by atoms with Crippen molar-refractivity contribution in [3.05, 3.63) is 57.6 Å². The average molecular weight is 454 g/mol. The molecule has 0 bridgehead atoms. The van der Waals surface area contributed by atoms with Crippen LogP contribution in [-0.4, -0.2) is 71.2 Å². The number of nitro benzene ring substituents is 1. The molecule has 2 N–H and O–H groups in total. The van der Waals surface area contributed by atoms with Crippen LogP contribution in [0.2, 0.25) is 0 Å². The zero-order chi connectivity index (χ0) is 23.5. The van der Waals surface area contributed by atoms with Crippen molar-refractivity contribution < 1.29 is 29.1 Å². The topological polar surface area (TPSA) is 134 Å². The molecule has 1 saturated heterocycles. The maximum atomic E-state index is 13.8. The molecule has 0 aliphatic carbocycles. The number of nitrogens with one attached hydrogen (secondary N) is 1. The van der Waals surface area contributed by atoms with Crippen LogP contribution >= 0.6 is 0 Å². The second-order valence-electron chi connectivity index (χ2n) is 8.48. The molecule has 1 unspecified atom stereocenters. The smallest absolute Gasteiger partial charge is 0.269 e. The number of non-ortho nitro benzene ring substituents is 1. The number of amides is 2. The lowest BCUT2D eigenvalue weighted by Gasteiger charge is -2.41. The number of para-hydroxylation sites is 1. The van der Waals surface area contributed by atoms with Crippen LogP contribution in [0.1, 0.15) is 17.5 Å². The number of aliphatic hydroxyl groups is 1. The number of ether oxygens (including phenoxy) is 2. The van der Waals surface area contributed by atoms with Crippen LogP contribution in [0.15, 0.2) is 36.4 Å². The molecule has 11 nitrogen and oxygen atoms in total. The van der Waals surface area contributed by atoms with Crippen LogP contribution in [0.5, 0.6) is 11.5 Å². The molecule has 5 rings (SSSR count). The van der Waals surface area contributed by atoms with Gasteiger partial charge in [0.15, 0.2) is 17.0 Å². The minimum absolute atomic E-state index is 0.00429. The van der Waals surface area contributed by atoms with E-state index in [1.165, 1.54) is 23.1 Å². The summed E-state index contributed by atoms with van der Waals surface area (Å²) in [6.45, 7) is -0.0428. The van der Waals surface area contributed by atoms with Crippen LogP contribution in [0, 0.1) is 10.1 Å². The summed E-state index contributed by atoms with van der Waals surface area (Å²) in [6, 6.07) is 8.36. The summed E-state index contributed by atoms with van der Waals surface area (Å²) in [7, 11) is 3.20. The van der Waals surface area contributed by atoms with E-state index < -0.39 is 28.5 Å². The molecular weight excluding hydrogens is 432 g/mol. The predicted molar refractivity (Wildman–Crippen MR) is 115 cm³/mol. The van der Waals surface area contributed by atoms with Crippen molar-refractivity contribution in [1.29, 1.82) is 0 Å². The Balaban J connectivity index is 1.82. The number of nitro groups is 1. The third-order valence-electron chi connectivity index (χ3n) is 6.40. The Labute approximate surface area is 188 Å². The number of rotatable bonds is 4. The highest BCUT2D eigenvalue weighted by molar-refractivity contribution is 6.09. The number of carbonyl (C=O) groups excluding carboxylic acids is 2. The van der Waals surface area contributed by atoms with Crippen LogP contribution in [-0.2, 0) is 15.1 Å².